The molecule has 1 N–H and O–H groups in total. The van der Waals surface area contributed by atoms with Gasteiger partial charge in [-0.15, -0.1) is 0 Å². The number of anilines is 1. The summed E-state index contributed by atoms with van der Waals surface area (Å²) >= 11 is 0. The van der Waals surface area contributed by atoms with Crippen molar-refractivity contribution in [3.8, 4) is 5.75 Å². The van der Waals surface area contributed by atoms with Crippen LogP contribution < -0.4 is 10.1 Å². The van der Waals surface area contributed by atoms with Crippen LogP contribution in [0.3, 0.4) is 0 Å². The molecule has 31 heavy (non-hydrogen) atoms. The van der Waals surface area contributed by atoms with Gasteiger partial charge >= 0.3 is 5.97 Å². The zero-order valence-electron chi connectivity index (χ0n) is 17.6. The number of esters is 1. The van der Waals surface area contributed by atoms with Crippen molar-refractivity contribution in [3.63, 3.8) is 0 Å². The smallest absolute Gasteiger partial charge is 0.344 e. The number of nitrogens with one attached hydrogen (secondary N) is 1. The van der Waals surface area contributed by atoms with E-state index in [2.05, 4.69) is 5.32 Å². The van der Waals surface area contributed by atoms with E-state index in [1.807, 2.05) is 19.9 Å². The molecule has 1 heterocycles. The number of hydrogen-bond acceptors (Lipinski definition) is 6. The summed E-state index contributed by atoms with van der Waals surface area (Å²) in [5.74, 6) is -0.640. The molecule has 0 atom stereocenters. The van der Waals surface area contributed by atoms with Crippen LogP contribution in [0.2, 0.25) is 0 Å². The second-order valence-electron chi connectivity index (χ2n) is 7.46. The molecule has 1 aliphatic rings. The number of carbonyl (C=O) groups is 2. The third-order valence-electron chi connectivity index (χ3n) is 4.76. The van der Waals surface area contributed by atoms with Gasteiger partial charge in [-0.2, -0.15) is 4.31 Å². The minimum atomic E-state index is -3.50. The van der Waals surface area contributed by atoms with Gasteiger partial charge in [0.2, 0.25) is 10.0 Å². The molecular formula is C22H26N2O6S. The fourth-order valence-corrected chi connectivity index (χ4v) is 4.85. The lowest BCUT2D eigenvalue weighted by Crippen LogP contribution is -2.27. The van der Waals surface area contributed by atoms with Crippen LogP contribution in [-0.2, 0) is 24.3 Å². The van der Waals surface area contributed by atoms with Crippen LogP contribution in [-0.4, -0.2) is 50.9 Å². The molecule has 1 saturated heterocycles. The van der Waals surface area contributed by atoms with E-state index in [-0.39, 0.29) is 11.5 Å². The Balaban J connectivity index is 1.45. The van der Waals surface area contributed by atoms with Gasteiger partial charge in [-0.1, -0.05) is 6.07 Å². The monoisotopic (exact) mass is 446 g/mol. The molecule has 9 heteroatoms. The molecular weight excluding hydrogens is 420 g/mol. The molecule has 0 spiro atoms. The first-order chi connectivity index (χ1) is 14.7. The van der Waals surface area contributed by atoms with Gasteiger partial charge < -0.3 is 14.8 Å². The van der Waals surface area contributed by atoms with Crippen LogP contribution in [0.25, 0.3) is 0 Å². The predicted molar refractivity (Wildman–Crippen MR) is 115 cm³/mol. The molecule has 0 radical (unpaired) electrons. The van der Waals surface area contributed by atoms with Crippen molar-refractivity contribution in [2.45, 2.75) is 31.6 Å². The number of benzene rings is 2. The minimum Gasteiger partial charge on any atom is -0.482 e. The van der Waals surface area contributed by atoms with Crippen molar-refractivity contribution in [1.82, 2.24) is 4.31 Å². The van der Waals surface area contributed by atoms with Crippen molar-refractivity contribution in [2.75, 3.05) is 31.6 Å². The Morgan fingerprint density at radius 3 is 2.19 bits per heavy atom. The highest BCUT2D eigenvalue weighted by molar-refractivity contribution is 7.89. The molecule has 8 nitrogen and oxygen atoms in total. The average molecular weight is 447 g/mol. The molecule has 0 aliphatic carbocycles. The topological polar surface area (TPSA) is 102 Å². The number of nitrogens with zero attached hydrogens (tertiary/aromatic N) is 1. The largest absolute Gasteiger partial charge is 0.482 e. The molecule has 2 aromatic rings. The standard InChI is InChI=1S/C22H26N2O6S/c1-16-11-17(2)13-19(12-16)29-15-22(26)30-14-21(25)23-18-5-7-20(8-6-18)31(27,28)24-9-3-4-10-24/h5-8,11-13H,3-4,9-10,14-15H2,1-2H3,(H,23,25). The van der Waals surface area contributed by atoms with Gasteiger partial charge in [0.15, 0.2) is 13.2 Å². The third kappa shape index (κ3) is 6.28. The number of sulfonamides is 1. The molecule has 3 rings (SSSR count). The summed E-state index contributed by atoms with van der Waals surface area (Å²) in [5.41, 5.74) is 2.44. The maximum Gasteiger partial charge on any atom is 0.344 e. The van der Waals surface area contributed by atoms with Crippen LogP contribution in [0.5, 0.6) is 5.75 Å². The molecule has 0 aromatic heterocycles. The van der Waals surface area contributed by atoms with E-state index in [0.717, 1.165) is 24.0 Å². The number of aryl methyl sites for hydroxylation is 2. The number of carbonyl (C=O) groups excluding carboxylic acids is 2. The van der Waals surface area contributed by atoms with E-state index < -0.39 is 28.5 Å². The molecule has 1 amide bonds. The number of ether oxygens (including phenoxy) is 2. The fraction of sp³-hybridized carbons (Fsp3) is 0.364. The van der Waals surface area contributed by atoms with Crippen LogP contribution >= 0.6 is 0 Å². The zero-order valence-corrected chi connectivity index (χ0v) is 18.4. The van der Waals surface area contributed by atoms with Crippen LogP contribution in [0.1, 0.15) is 24.0 Å². The van der Waals surface area contributed by atoms with Gasteiger partial charge in [0.1, 0.15) is 5.75 Å². The first kappa shape index (κ1) is 22.8. The lowest BCUT2D eigenvalue weighted by Gasteiger charge is -2.15. The third-order valence-corrected chi connectivity index (χ3v) is 6.67. The van der Waals surface area contributed by atoms with Gasteiger partial charge in [0, 0.05) is 18.8 Å². The fourth-order valence-electron chi connectivity index (χ4n) is 3.33. The first-order valence-corrected chi connectivity index (χ1v) is 11.4. The second-order valence-corrected chi connectivity index (χ2v) is 9.39. The number of rotatable bonds is 8. The Hall–Kier alpha value is -2.91. The SMILES string of the molecule is Cc1cc(C)cc(OCC(=O)OCC(=O)Nc2ccc(S(=O)(=O)N3CCCC3)cc2)c1. The van der Waals surface area contributed by atoms with Crippen LogP contribution in [0.4, 0.5) is 5.69 Å². The Morgan fingerprint density at radius 2 is 1.58 bits per heavy atom. The van der Waals surface area contributed by atoms with E-state index in [9.17, 15) is 18.0 Å². The highest BCUT2D eigenvalue weighted by Crippen LogP contribution is 2.22. The highest BCUT2D eigenvalue weighted by atomic mass is 32.2. The minimum absolute atomic E-state index is 0.183. The molecule has 1 fully saturated rings. The maximum absolute atomic E-state index is 12.5. The Morgan fingerprint density at radius 1 is 0.968 bits per heavy atom. The van der Waals surface area contributed by atoms with E-state index in [1.54, 1.807) is 12.1 Å². The van der Waals surface area contributed by atoms with Crippen LogP contribution in [0.15, 0.2) is 47.4 Å². The molecule has 0 bridgehead atoms. The summed E-state index contributed by atoms with van der Waals surface area (Å²) in [5, 5.41) is 2.57. The zero-order chi connectivity index (χ0) is 22.4. The van der Waals surface area contributed by atoms with Crippen LogP contribution in [0, 0.1) is 13.8 Å². The maximum atomic E-state index is 12.5. The van der Waals surface area contributed by atoms with Gasteiger partial charge in [-0.05, 0) is 74.2 Å². The van der Waals surface area contributed by atoms with Crippen molar-refractivity contribution in [1.29, 1.82) is 0 Å². The Labute approximate surface area is 182 Å². The summed E-state index contributed by atoms with van der Waals surface area (Å²) in [6.45, 7) is 4.13. The summed E-state index contributed by atoms with van der Waals surface area (Å²) < 4.78 is 36.8. The lowest BCUT2D eigenvalue weighted by molar-refractivity contribution is -0.149. The van der Waals surface area contributed by atoms with E-state index >= 15 is 0 Å². The van der Waals surface area contributed by atoms with Gasteiger partial charge in [0.05, 0.1) is 4.90 Å². The van der Waals surface area contributed by atoms with Gasteiger partial charge in [-0.3, -0.25) is 4.79 Å². The van der Waals surface area contributed by atoms with Crippen molar-refractivity contribution < 1.29 is 27.5 Å². The van der Waals surface area contributed by atoms with Crippen molar-refractivity contribution >= 4 is 27.6 Å². The normalized spacial score (nSPS) is 14.3. The summed E-state index contributed by atoms with van der Waals surface area (Å²) in [4.78, 5) is 24.0. The van der Waals surface area contributed by atoms with Gasteiger partial charge in [0.25, 0.3) is 5.91 Å². The molecule has 0 saturated carbocycles. The second kappa shape index (κ2) is 9.93. The lowest BCUT2D eigenvalue weighted by atomic mass is 10.1. The molecule has 1 aliphatic heterocycles. The van der Waals surface area contributed by atoms with E-state index in [1.165, 1.54) is 28.6 Å². The van der Waals surface area contributed by atoms with Gasteiger partial charge in [-0.25, -0.2) is 13.2 Å². The quantitative estimate of drug-likeness (QED) is 0.626. The van der Waals surface area contributed by atoms with E-state index in [0.29, 0.717) is 24.5 Å². The summed E-state index contributed by atoms with van der Waals surface area (Å²) in [6, 6.07) is 11.5. The molecule has 0 unspecified atom stereocenters. The highest BCUT2D eigenvalue weighted by Gasteiger charge is 2.26. The number of amides is 1. The summed E-state index contributed by atoms with van der Waals surface area (Å²) in [6.07, 6.45) is 1.73. The molecule has 166 valence electrons. The van der Waals surface area contributed by atoms with Crippen molar-refractivity contribution in [2.24, 2.45) is 0 Å². The van der Waals surface area contributed by atoms with E-state index in [4.69, 9.17) is 9.47 Å². The molecule has 2 aromatic carbocycles. The predicted octanol–water partition coefficient (Wildman–Crippen LogP) is 2.65. The Kier molecular flexibility index (Phi) is 7.29. The Bertz CT molecular complexity index is 1020. The number of hydrogen-bond donors (Lipinski definition) is 1. The average Bonchev–Trinajstić information content (AvgIpc) is 3.26. The van der Waals surface area contributed by atoms with Crippen molar-refractivity contribution in [3.05, 3.63) is 53.6 Å². The first-order valence-electron chi connectivity index (χ1n) is 10.0. The summed E-state index contributed by atoms with van der Waals surface area (Å²) in [7, 11) is -3.50.